The first-order chi connectivity index (χ1) is 11.7. The molecule has 0 saturated carbocycles. The molecule has 2 N–H and O–H groups in total. The van der Waals surface area contributed by atoms with E-state index in [0.29, 0.717) is 30.4 Å². The van der Waals surface area contributed by atoms with Gasteiger partial charge in [0.15, 0.2) is 0 Å². The molecule has 1 saturated heterocycles. The van der Waals surface area contributed by atoms with Crippen LogP contribution in [0.3, 0.4) is 0 Å². The number of halogens is 2. The van der Waals surface area contributed by atoms with E-state index in [9.17, 15) is 4.79 Å². The number of nitrogens with zero attached hydrogens (tertiary/aromatic N) is 1. The van der Waals surface area contributed by atoms with Gasteiger partial charge in [-0.1, -0.05) is 6.07 Å². The van der Waals surface area contributed by atoms with Crippen molar-refractivity contribution in [2.75, 3.05) is 19.6 Å². The first-order valence-electron chi connectivity index (χ1n) is 8.33. The van der Waals surface area contributed by atoms with Gasteiger partial charge in [-0.15, -0.1) is 36.2 Å². The minimum absolute atomic E-state index is 0. The Kier molecular flexibility index (Phi) is 9.94. The van der Waals surface area contributed by atoms with Crippen LogP contribution < -0.4 is 15.4 Å². The van der Waals surface area contributed by atoms with Gasteiger partial charge in [0.25, 0.3) is 5.91 Å². The number of aromatic nitrogens is 1. The van der Waals surface area contributed by atoms with Gasteiger partial charge in [0.05, 0.1) is 10.7 Å². The van der Waals surface area contributed by atoms with Crippen LogP contribution in [0.1, 0.15) is 33.9 Å². The highest BCUT2D eigenvalue weighted by atomic mass is 35.5. The van der Waals surface area contributed by atoms with Crippen molar-refractivity contribution in [1.29, 1.82) is 0 Å². The van der Waals surface area contributed by atoms with E-state index >= 15 is 0 Å². The smallest absolute Gasteiger partial charge is 0.251 e. The number of thiazole rings is 1. The standard InChI is InChI=1S/C18H23N3O2S.2ClH/c1-13-21-16(12-24-13)11-23-17-4-2-3-15(9-17)18(22)20-8-6-14-5-7-19-10-14;;/h2-4,9,12,14,19H,5-8,10-11H2,1H3,(H,20,22);2*1H. The van der Waals surface area contributed by atoms with Gasteiger partial charge in [-0.05, 0) is 57.0 Å². The Morgan fingerprint density at radius 2 is 2.27 bits per heavy atom. The highest BCUT2D eigenvalue weighted by Gasteiger charge is 2.14. The lowest BCUT2D eigenvalue weighted by Gasteiger charge is -2.10. The van der Waals surface area contributed by atoms with E-state index in [0.717, 1.165) is 30.2 Å². The normalized spacial score (nSPS) is 15.7. The summed E-state index contributed by atoms with van der Waals surface area (Å²) in [6.07, 6.45) is 2.23. The van der Waals surface area contributed by atoms with E-state index in [2.05, 4.69) is 15.6 Å². The van der Waals surface area contributed by atoms with Crippen molar-refractivity contribution in [2.45, 2.75) is 26.4 Å². The van der Waals surface area contributed by atoms with Gasteiger partial charge in [-0.25, -0.2) is 4.98 Å². The summed E-state index contributed by atoms with van der Waals surface area (Å²) in [5, 5.41) is 9.36. The van der Waals surface area contributed by atoms with Crippen LogP contribution in [0.2, 0.25) is 0 Å². The fourth-order valence-corrected chi connectivity index (χ4v) is 3.41. The molecule has 1 unspecified atom stereocenters. The Morgan fingerprint density at radius 3 is 2.96 bits per heavy atom. The highest BCUT2D eigenvalue weighted by Crippen LogP contribution is 2.17. The molecule has 0 aliphatic carbocycles. The number of rotatable bonds is 7. The highest BCUT2D eigenvalue weighted by molar-refractivity contribution is 7.09. The van der Waals surface area contributed by atoms with Crippen LogP contribution in [-0.4, -0.2) is 30.5 Å². The second-order valence-corrected chi connectivity index (χ2v) is 7.14. The fraction of sp³-hybridized carbons (Fsp3) is 0.444. The third kappa shape index (κ3) is 6.76. The van der Waals surface area contributed by atoms with Crippen molar-refractivity contribution in [3.63, 3.8) is 0 Å². The van der Waals surface area contributed by atoms with Crippen molar-refractivity contribution in [3.05, 3.63) is 45.9 Å². The van der Waals surface area contributed by atoms with Crippen LogP contribution in [0, 0.1) is 12.8 Å². The predicted octanol–water partition coefficient (Wildman–Crippen LogP) is 3.60. The molecule has 2 heterocycles. The third-order valence-electron chi connectivity index (χ3n) is 4.15. The Morgan fingerprint density at radius 1 is 1.42 bits per heavy atom. The van der Waals surface area contributed by atoms with E-state index in [-0.39, 0.29) is 30.7 Å². The van der Waals surface area contributed by atoms with Gasteiger partial charge in [-0.3, -0.25) is 4.79 Å². The number of hydrogen-bond donors (Lipinski definition) is 2. The summed E-state index contributed by atoms with van der Waals surface area (Å²) in [4.78, 5) is 16.6. The summed E-state index contributed by atoms with van der Waals surface area (Å²) >= 11 is 1.61. The molecule has 1 aliphatic heterocycles. The van der Waals surface area contributed by atoms with Gasteiger partial charge < -0.3 is 15.4 Å². The Balaban J connectivity index is 0.00000169. The summed E-state index contributed by atoms with van der Waals surface area (Å²) in [6.45, 7) is 5.27. The maximum Gasteiger partial charge on any atom is 0.251 e. The van der Waals surface area contributed by atoms with E-state index in [1.807, 2.05) is 30.5 Å². The van der Waals surface area contributed by atoms with Gasteiger partial charge in [0, 0.05) is 17.5 Å². The maximum absolute atomic E-state index is 12.3. The molecule has 1 aliphatic rings. The number of nitrogens with one attached hydrogen (secondary N) is 2. The molecule has 26 heavy (non-hydrogen) atoms. The number of amides is 1. The van der Waals surface area contributed by atoms with Gasteiger partial charge >= 0.3 is 0 Å². The number of hydrogen-bond acceptors (Lipinski definition) is 5. The summed E-state index contributed by atoms with van der Waals surface area (Å²) in [5.41, 5.74) is 1.55. The molecule has 0 spiro atoms. The molecular formula is C18H25Cl2N3O2S. The molecule has 5 nitrogen and oxygen atoms in total. The monoisotopic (exact) mass is 417 g/mol. The van der Waals surface area contributed by atoms with Crippen LogP contribution in [0.4, 0.5) is 0 Å². The minimum atomic E-state index is -0.0455. The lowest BCUT2D eigenvalue weighted by Crippen LogP contribution is -2.26. The molecule has 8 heteroatoms. The van der Waals surface area contributed by atoms with Crippen LogP contribution >= 0.6 is 36.2 Å². The van der Waals surface area contributed by atoms with E-state index in [1.54, 1.807) is 17.4 Å². The van der Waals surface area contributed by atoms with Crippen LogP contribution in [0.25, 0.3) is 0 Å². The Hall–Kier alpha value is -1.34. The average Bonchev–Trinajstić information content (AvgIpc) is 3.25. The molecule has 1 amide bonds. The van der Waals surface area contributed by atoms with Crippen LogP contribution in [0.5, 0.6) is 5.75 Å². The molecule has 1 atom stereocenters. The zero-order valence-electron chi connectivity index (χ0n) is 14.7. The number of carbonyl (C=O) groups excluding carboxylic acids is 1. The zero-order chi connectivity index (χ0) is 16.8. The quantitative estimate of drug-likeness (QED) is 0.721. The molecule has 1 aromatic carbocycles. The molecule has 0 bridgehead atoms. The number of carbonyl (C=O) groups is 1. The summed E-state index contributed by atoms with van der Waals surface area (Å²) in [7, 11) is 0. The summed E-state index contributed by atoms with van der Waals surface area (Å²) in [6, 6.07) is 7.30. The van der Waals surface area contributed by atoms with Gasteiger partial charge in [0.1, 0.15) is 12.4 Å². The maximum atomic E-state index is 12.3. The zero-order valence-corrected chi connectivity index (χ0v) is 17.1. The van der Waals surface area contributed by atoms with Gasteiger partial charge in [0.2, 0.25) is 0 Å². The predicted molar refractivity (Wildman–Crippen MR) is 110 cm³/mol. The Labute approximate surface area is 170 Å². The lowest BCUT2D eigenvalue weighted by molar-refractivity contribution is 0.0951. The van der Waals surface area contributed by atoms with E-state index in [1.165, 1.54) is 6.42 Å². The number of benzene rings is 1. The first kappa shape index (κ1) is 22.7. The van der Waals surface area contributed by atoms with E-state index < -0.39 is 0 Å². The molecule has 144 valence electrons. The summed E-state index contributed by atoms with van der Waals surface area (Å²) in [5.74, 6) is 1.32. The van der Waals surface area contributed by atoms with E-state index in [4.69, 9.17) is 4.74 Å². The molecule has 3 rings (SSSR count). The molecule has 0 radical (unpaired) electrons. The largest absolute Gasteiger partial charge is 0.487 e. The van der Waals surface area contributed by atoms with Gasteiger partial charge in [-0.2, -0.15) is 0 Å². The fourth-order valence-electron chi connectivity index (χ4n) is 2.81. The number of aryl methyl sites for hydroxylation is 1. The number of ether oxygens (including phenoxy) is 1. The van der Waals surface area contributed by atoms with Crippen LogP contribution in [-0.2, 0) is 6.61 Å². The second kappa shape index (κ2) is 11.4. The van der Waals surface area contributed by atoms with Crippen molar-refractivity contribution in [3.8, 4) is 5.75 Å². The minimum Gasteiger partial charge on any atom is -0.487 e. The molecule has 2 aromatic rings. The van der Waals surface area contributed by atoms with Crippen molar-refractivity contribution < 1.29 is 9.53 Å². The first-order valence-corrected chi connectivity index (χ1v) is 9.21. The second-order valence-electron chi connectivity index (χ2n) is 6.08. The third-order valence-corrected chi connectivity index (χ3v) is 4.97. The summed E-state index contributed by atoms with van der Waals surface area (Å²) < 4.78 is 5.74. The Bertz CT molecular complexity index is 691. The molecule has 1 fully saturated rings. The topological polar surface area (TPSA) is 63.2 Å². The SMILES string of the molecule is Cc1nc(COc2cccc(C(=O)NCCC3CCNC3)c2)cs1.Cl.Cl. The molecule has 1 aromatic heterocycles. The van der Waals surface area contributed by atoms with Crippen molar-refractivity contribution in [1.82, 2.24) is 15.6 Å². The lowest BCUT2D eigenvalue weighted by atomic mass is 10.1. The van der Waals surface area contributed by atoms with Crippen molar-refractivity contribution in [2.24, 2.45) is 5.92 Å². The average molecular weight is 418 g/mol. The van der Waals surface area contributed by atoms with Crippen LogP contribution in [0.15, 0.2) is 29.6 Å². The molecular weight excluding hydrogens is 393 g/mol. The van der Waals surface area contributed by atoms with Crippen molar-refractivity contribution >= 4 is 42.1 Å².